The van der Waals surface area contributed by atoms with Crippen LogP contribution >= 0.6 is 0 Å². The Morgan fingerprint density at radius 2 is 2.12 bits per heavy atom. The number of anilines is 2. The van der Waals surface area contributed by atoms with Crippen LogP contribution in [0.15, 0.2) is 12.1 Å². The van der Waals surface area contributed by atoms with E-state index in [0.29, 0.717) is 30.2 Å². The van der Waals surface area contributed by atoms with E-state index in [1.165, 1.54) is 0 Å². The highest BCUT2D eigenvalue weighted by molar-refractivity contribution is 5.70. The predicted molar refractivity (Wildman–Crippen MR) is 65.2 cm³/mol. The SMILES string of the molecule is COc1cc(N2CCOCC2)c(C#N)cc1N. The summed E-state index contributed by atoms with van der Waals surface area (Å²) in [6.45, 7) is 2.92. The smallest absolute Gasteiger partial charge is 0.143 e. The second-order valence-corrected chi connectivity index (χ2v) is 3.82. The summed E-state index contributed by atoms with van der Waals surface area (Å²) >= 11 is 0. The molecule has 1 aromatic carbocycles. The van der Waals surface area contributed by atoms with E-state index in [-0.39, 0.29) is 0 Å². The molecule has 0 aliphatic carbocycles. The second-order valence-electron chi connectivity index (χ2n) is 3.82. The van der Waals surface area contributed by atoms with Crippen LogP contribution in [-0.2, 0) is 4.74 Å². The molecule has 1 aliphatic heterocycles. The van der Waals surface area contributed by atoms with Gasteiger partial charge in [0.2, 0.25) is 0 Å². The first kappa shape index (κ1) is 11.6. The number of nitrogens with two attached hydrogens (primary N) is 1. The second kappa shape index (κ2) is 4.93. The van der Waals surface area contributed by atoms with Crippen LogP contribution < -0.4 is 15.4 Å². The van der Waals surface area contributed by atoms with Crippen LogP contribution in [0, 0.1) is 11.3 Å². The van der Waals surface area contributed by atoms with Crippen LogP contribution in [0.4, 0.5) is 11.4 Å². The first-order valence-corrected chi connectivity index (χ1v) is 5.46. The Balaban J connectivity index is 2.40. The zero-order chi connectivity index (χ0) is 12.3. The lowest BCUT2D eigenvalue weighted by Gasteiger charge is -2.30. The van der Waals surface area contributed by atoms with Crippen LogP contribution in [0.2, 0.25) is 0 Å². The Hall–Kier alpha value is -1.93. The third-order valence-corrected chi connectivity index (χ3v) is 2.82. The van der Waals surface area contributed by atoms with Crippen molar-refractivity contribution in [1.29, 1.82) is 5.26 Å². The minimum atomic E-state index is 0.487. The molecule has 0 spiro atoms. The van der Waals surface area contributed by atoms with Gasteiger partial charge in [-0.1, -0.05) is 0 Å². The van der Waals surface area contributed by atoms with E-state index >= 15 is 0 Å². The lowest BCUT2D eigenvalue weighted by atomic mass is 10.1. The fourth-order valence-corrected chi connectivity index (χ4v) is 1.92. The predicted octanol–water partition coefficient (Wildman–Crippen LogP) is 0.986. The molecule has 1 fully saturated rings. The third-order valence-electron chi connectivity index (χ3n) is 2.82. The molecule has 0 saturated carbocycles. The summed E-state index contributed by atoms with van der Waals surface area (Å²) in [6.07, 6.45) is 0. The molecule has 0 atom stereocenters. The number of benzene rings is 1. The molecule has 0 unspecified atom stereocenters. The molecule has 0 amide bonds. The number of nitriles is 1. The average Bonchev–Trinajstić information content (AvgIpc) is 2.39. The van der Waals surface area contributed by atoms with E-state index in [9.17, 15) is 0 Å². The van der Waals surface area contributed by atoms with E-state index in [0.717, 1.165) is 18.8 Å². The van der Waals surface area contributed by atoms with Crippen LogP contribution in [0.3, 0.4) is 0 Å². The van der Waals surface area contributed by atoms with E-state index in [2.05, 4.69) is 11.0 Å². The quantitative estimate of drug-likeness (QED) is 0.771. The molecule has 0 bridgehead atoms. The van der Waals surface area contributed by atoms with Gasteiger partial charge in [-0.15, -0.1) is 0 Å². The number of nitrogens with zero attached hydrogens (tertiary/aromatic N) is 2. The average molecular weight is 233 g/mol. The fourth-order valence-electron chi connectivity index (χ4n) is 1.92. The van der Waals surface area contributed by atoms with Crippen molar-refractivity contribution in [3.8, 4) is 11.8 Å². The van der Waals surface area contributed by atoms with Gasteiger partial charge in [-0.3, -0.25) is 0 Å². The highest BCUT2D eigenvalue weighted by atomic mass is 16.5. The van der Waals surface area contributed by atoms with Crippen molar-refractivity contribution in [2.75, 3.05) is 44.0 Å². The van der Waals surface area contributed by atoms with Gasteiger partial charge in [-0.2, -0.15) is 5.26 Å². The minimum absolute atomic E-state index is 0.487. The zero-order valence-electron chi connectivity index (χ0n) is 9.77. The summed E-state index contributed by atoms with van der Waals surface area (Å²) in [5.41, 5.74) is 7.71. The number of hydrogen-bond donors (Lipinski definition) is 1. The molecule has 1 saturated heterocycles. The summed E-state index contributed by atoms with van der Waals surface area (Å²) in [4.78, 5) is 2.12. The van der Waals surface area contributed by atoms with Gasteiger partial charge in [-0.05, 0) is 6.07 Å². The van der Waals surface area contributed by atoms with Crippen LogP contribution in [0.1, 0.15) is 5.56 Å². The molecule has 1 heterocycles. The first-order valence-electron chi connectivity index (χ1n) is 5.46. The molecule has 2 N–H and O–H groups in total. The van der Waals surface area contributed by atoms with Gasteiger partial charge in [-0.25, -0.2) is 0 Å². The topological polar surface area (TPSA) is 71.5 Å². The number of rotatable bonds is 2. The number of nitrogen functional groups attached to an aromatic ring is 1. The van der Waals surface area contributed by atoms with Crippen molar-refractivity contribution in [2.45, 2.75) is 0 Å². The summed E-state index contributed by atoms with van der Waals surface area (Å²) in [7, 11) is 1.57. The first-order chi connectivity index (χ1) is 8.26. The van der Waals surface area contributed by atoms with Gasteiger partial charge in [0.15, 0.2) is 0 Å². The van der Waals surface area contributed by atoms with Gasteiger partial charge in [0.25, 0.3) is 0 Å². The molecule has 0 aromatic heterocycles. The monoisotopic (exact) mass is 233 g/mol. The normalized spacial score (nSPS) is 15.4. The molecule has 17 heavy (non-hydrogen) atoms. The fraction of sp³-hybridized carbons (Fsp3) is 0.417. The van der Waals surface area contributed by atoms with Crippen molar-refractivity contribution in [3.63, 3.8) is 0 Å². The van der Waals surface area contributed by atoms with E-state index in [4.69, 9.17) is 20.5 Å². The lowest BCUT2D eigenvalue weighted by molar-refractivity contribution is 0.122. The molecular weight excluding hydrogens is 218 g/mol. The molecule has 5 nitrogen and oxygen atoms in total. The largest absolute Gasteiger partial charge is 0.495 e. The standard InChI is InChI=1S/C12H15N3O2/c1-16-12-7-11(9(8-13)6-10(12)14)15-2-4-17-5-3-15/h6-7H,2-5,14H2,1H3. The molecule has 1 aromatic rings. The zero-order valence-corrected chi connectivity index (χ0v) is 9.77. The number of ether oxygens (including phenoxy) is 2. The summed E-state index contributed by atoms with van der Waals surface area (Å²) in [5, 5.41) is 9.13. The molecule has 90 valence electrons. The Morgan fingerprint density at radius 1 is 1.41 bits per heavy atom. The van der Waals surface area contributed by atoms with Crippen molar-refractivity contribution in [3.05, 3.63) is 17.7 Å². The van der Waals surface area contributed by atoms with Gasteiger partial charge in [0, 0.05) is 19.2 Å². The maximum atomic E-state index is 9.13. The van der Waals surface area contributed by atoms with Gasteiger partial charge in [0.05, 0.1) is 37.3 Å². The molecule has 2 rings (SSSR count). The summed E-state index contributed by atoms with van der Waals surface area (Å²) < 4.78 is 10.5. The van der Waals surface area contributed by atoms with Crippen molar-refractivity contribution < 1.29 is 9.47 Å². The molecular formula is C12H15N3O2. The van der Waals surface area contributed by atoms with Crippen LogP contribution in [0.5, 0.6) is 5.75 Å². The minimum Gasteiger partial charge on any atom is -0.495 e. The van der Waals surface area contributed by atoms with E-state index in [1.54, 1.807) is 13.2 Å². The number of morpholine rings is 1. The van der Waals surface area contributed by atoms with Gasteiger partial charge >= 0.3 is 0 Å². The Labute approximate surface area is 100 Å². The summed E-state index contributed by atoms with van der Waals surface area (Å²) in [5.74, 6) is 0.602. The van der Waals surface area contributed by atoms with Crippen LogP contribution in [0.25, 0.3) is 0 Å². The van der Waals surface area contributed by atoms with E-state index in [1.807, 2.05) is 6.07 Å². The Kier molecular flexibility index (Phi) is 3.35. The van der Waals surface area contributed by atoms with Crippen molar-refractivity contribution in [1.82, 2.24) is 0 Å². The Morgan fingerprint density at radius 3 is 2.71 bits per heavy atom. The lowest BCUT2D eigenvalue weighted by Crippen LogP contribution is -2.36. The maximum Gasteiger partial charge on any atom is 0.143 e. The summed E-state index contributed by atoms with van der Waals surface area (Å²) in [6, 6.07) is 5.64. The molecule has 0 radical (unpaired) electrons. The number of methoxy groups -OCH3 is 1. The Bertz CT molecular complexity index is 448. The van der Waals surface area contributed by atoms with Crippen LogP contribution in [-0.4, -0.2) is 33.4 Å². The number of hydrogen-bond acceptors (Lipinski definition) is 5. The van der Waals surface area contributed by atoms with Gasteiger partial charge in [0.1, 0.15) is 11.8 Å². The maximum absolute atomic E-state index is 9.13. The molecule has 5 heteroatoms. The van der Waals surface area contributed by atoms with Crippen molar-refractivity contribution >= 4 is 11.4 Å². The molecule has 1 aliphatic rings. The highest BCUT2D eigenvalue weighted by Crippen LogP contribution is 2.31. The highest BCUT2D eigenvalue weighted by Gasteiger charge is 2.17. The van der Waals surface area contributed by atoms with Gasteiger partial charge < -0.3 is 20.1 Å². The van der Waals surface area contributed by atoms with E-state index < -0.39 is 0 Å². The van der Waals surface area contributed by atoms with Crippen molar-refractivity contribution in [2.24, 2.45) is 0 Å². The third kappa shape index (κ3) is 2.27.